The first-order chi connectivity index (χ1) is 8.84. The van der Waals surface area contributed by atoms with Crippen molar-refractivity contribution in [2.75, 3.05) is 11.4 Å². The number of primary sulfonamides is 1. The van der Waals surface area contributed by atoms with Gasteiger partial charge in [-0.1, -0.05) is 17.7 Å². The zero-order valence-electron chi connectivity index (χ0n) is 9.71. The van der Waals surface area contributed by atoms with Gasteiger partial charge in [-0.25, -0.2) is 13.6 Å². The predicted molar refractivity (Wildman–Crippen MR) is 70.0 cm³/mol. The fourth-order valence-electron chi connectivity index (χ4n) is 1.98. The Hall–Kier alpha value is -1.62. The average Bonchev–Trinajstić information content (AvgIpc) is 2.70. The highest BCUT2D eigenvalue weighted by Gasteiger charge is 2.38. The molecule has 1 aromatic carbocycles. The second-order valence-corrected chi connectivity index (χ2v) is 6.42. The highest BCUT2D eigenvalue weighted by Crippen LogP contribution is 2.30. The molecule has 0 spiro atoms. The number of amides is 1. The number of hydrogen-bond donors (Lipinski definition) is 1. The molecule has 0 aromatic heterocycles. The molecular weight excluding hydrogens is 290 g/mol. The zero-order valence-corrected chi connectivity index (χ0v) is 11.3. The molecule has 1 aromatic rings. The second kappa shape index (κ2) is 4.81. The maximum Gasteiger partial charge on any atom is 0.228 e. The van der Waals surface area contributed by atoms with E-state index in [0.717, 1.165) is 0 Å². The van der Waals surface area contributed by atoms with E-state index in [-0.39, 0.29) is 23.6 Å². The van der Waals surface area contributed by atoms with Gasteiger partial charge < -0.3 is 4.90 Å². The summed E-state index contributed by atoms with van der Waals surface area (Å²) in [7, 11) is -3.78. The Balaban J connectivity index is 2.43. The number of nitriles is 1. The van der Waals surface area contributed by atoms with Crippen LogP contribution in [0.15, 0.2) is 18.2 Å². The third-order valence-electron chi connectivity index (χ3n) is 2.95. The lowest BCUT2D eigenvalue weighted by Gasteiger charge is -2.18. The minimum atomic E-state index is -3.78. The normalized spacial score (nSPS) is 19.5. The van der Waals surface area contributed by atoms with Crippen LogP contribution in [0.5, 0.6) is 0 Å². The minimum Gasteiger partial charge on any atom is -0.310 e. The number of rotatable bonds is 2. The molecule has 100 valence electrons. The van der Waals surface area contributed by atoms with Gasteiger partial charge in [0.25, 0.3) is 0 Å². The van der Waals surface area contributed by atoms with Crippen molar-refractivity contribution < 1.29 is 13.2 Å². The molecule has 1 heterocycles. The van der Waals surface area contributed by atoms with Crippen molar-refractivity contribution in [3.63, 3.8) is 0 Å². The molecule has 1 fully saturated rings. The van der Waals surface area contributed by atoms with Crippen molar-refractivity contribution in [3.05, 3.63) is 28.8 Å². The van der Waals surface area contributed by atoms with Gasteiger partial charge in [-0.3, -0.25) is 4.79 Å². The van der Waals surface area contributed by atoms with Crippen LogP contribution in [0.25, 0.3) is 0 Å². The second-order valence-electron chi connectivity index (χ2n) is 4.17. The lowest BCUT2D eigenvalue weighted by molar-refractivity contribution is -0.117. The van der Waals surface area contributed by atoms with Crippen LogP contribution < -0.4 is 10.0 Å². The minimum absolute atomic E-state index is 0.0628. The Bertz CT molecular complexity index is 681. The first kappa shape index (κ1) is 13.8. The summed E-state index contributed by atoms with van der Waals surface area (Å²) in [5.74, 6) is -0.391. The van der Waals surface area contributed by atoms with Gasteiger partial charge in [0.1, 0.15) is 11.3 Å². The SMILES string of the molecule is N#Cc1c(Cl)cccc1N1CC(S(N)(=O)=O)CC1=O. The zero-order chi connectivity index (χ0) is 14.2. The van der Waals surface area contributed by atoms with Crippen molar-refractivity contribution in [1.29, 1.82) is 5.26 Å². The molecule has 6 nitrogen and oxygen atoms in total. The number of benzene rings is 1. The van der Waals surface area contributed by atoms with E-state index in [2.05, 4.69) is 0 Å². The molecule has 1 unspecified atom stereocenters. The standard InChI is InChI=1S/C11H10ClN3O3S/c12-9-2-1-3-10(8(9)5-13)15-6-7(4-11(15)16)19(14,17)18/h1-3,7H,4,6H2,(H2,14,17,18). The van der Waals surface area contributed by atoms with Crippen LogP contribution >= 0.6 is 11.6 Å². The Morgan fingerprint density at radius 3 is 2.68 bits per heavy atom. The van der Waals surface area contributed by atoms with Crippen LogP contribution in [-0.2, 0) is 14.8 Å². The lowest BCUT2D eigenvalue weighted by Crippen LogP contribution is -2.32. The maximum atomic E-state index is 11.9. The largest absolute Gasteiger partial charge is 0.310 e. The van der Waals surface area contributed by atoms with E-state index < -0.39 is 21.2 Å². The molecule has 0 bridgehead atoms. The summed E-state index contributed by atoms with van der Waals surface area (Å²) in [5, 5.41) is 13.4. The molecule has 1 atom stereocenters. The molecule has 2 rings (SSSR count). The first-order valence-corrected chi connectivity index (χ1v) is 7.34. The van der Waals surface area contributed by atoms with E-state index in [9.17, 15) is 13.2 Å². The molecule has 0 radical (unpaired) electrons. The molecule has 0 aliphatic carbocycles. The number of carbonyl (C=O) groups is 1. The highest BCUT2D eigenvalue weighted by molar-refractivity contribution is 7.89. The van der Waals surface area contributed by atoms with Crippen molar-refractivity contribution in [3.8, 4) is 6.07 Å². The van der Waals surface area contributed by atoms with E-state index in [1.807, 2.05) is 6.07 Å². The number of carbonyl (C=O) groups excluding carboxylic acids is 1. The molecule has 0 saturated carbocycles. The third kappa shape index (κ3) is 2.56. The summed E-state index contributed by atoms with van der Waals surface area (Å²) < 4.78 is 22.6. The smallest absolute Gasteiger partial charge is 0.228 e. The van der Waals surface area contributed by atoms with E-state index >= 15 is 0 Å². The Morgan fingerprint density at radius 2 is 2.16 bits per heavy atom. The summed E-state index contributed by atoms with van der Waals surface area (Å²) >= 11 is 5.88. The molecular formula is C11H10ClN3O3S. The Labute approximate surface area is 115 Å². The van der Waals surface area contributed by atoms with Crippen LogP contribution in [-0.4, -0.2) is 26.1 Å². The van der Waals surface area contributed by atoms with Gasteiger partial charge in [0.15, 0.2) is 0 Å². The molecule has 19 heavy (non-hydrogen) atoms. The van der Waals surface area contributed by atoms with Crippen LogP contribution in [0.1, 0.15) is 12.0 Å². The van der Waals surface area contributed by atoms with Gasteiger partial charge in [0.05, 0.1) is 16.3 Å². The Morgan fingerprint density at radius 1 is 1.47 bits per heavy atom. The van der Waals surface area contributed by atoms with Crippen molar-refractivity contribution in [1.82, 2.24) is 0 Å². The molecule has 1 aliphatic rings. The molecule has 1 aliphatic heterocycles. The van der Waals surface area contributed by atoms with E-state index in [0.29, 0.717) is 5.69 Å². The van der Waals surface area contributed by atoms with Crippen molar-refractivity contribution >= 4 is 33.2 Å². The van der Waals surface area contributed by atoms with Gasteiger partial charge in [-0.05, 0) is 12.1 Å². The summed E-state index contributed by atoms with van der Waals surface area (Å²) in [4.78, 5) is 13.1. The van der Waals surface area contributed by atoms with E-state index in [1.54, 1.807) is 12.1 Å². The Kier molecular flexibility index (Phi) is 3.49. The van der Waals surface area contributed by atoms with Gasteiger partial charge in [-0.2, -0.15) is 5.26 Å². The van der Waals surface area contributed by atoms with Gasteiger partial charge in [0.2, 0.25) is 15.9 Å². The van der Waals surface area contributed by atoms with Crippen molar-refractivity contribution in [2.24, 2.45) is 5.14 Å². The fraction of sp³-hybridized carbons (Fsp3) is 0.273. The quantitative estimate of drug-likeness (QED) is 0.863. The van der Waals surface area contributed by atoms with Gasteiger partial charge in [0, 0.05) is 13.0 Å². The number of nitrogens with zero attached hydrogens (tertiary/aromatic N) is 2. The van der Waals surface area contributed by atoms with Crippen LogP contribution in [0.4, 0.5) is 5.69 Å². The number of anilines is 1. The van der Waals surface area contributed by atoms with Gasteiger partial charge >= 0.3 is 0 Å². The lowest BCUT2D eigenvalue weighted by atomic mass is 10.2. The topological polar surface area (TPSA) is 104 Å². The van der Waals surface area contributed by atoms with Crippen LogP contribution in [0.3, 0.4) is 0 Å². The van der Waals surface area contributed by atoms with Crippen LogP contribution in [0, 0.1) is 11.3 Å². The van der Waals surface area contributed by atoms with Gasteiger partial charge in [-0.15, -0.1) is 0 Å². The van der Waals surface area contributed by atoms with E-state index in [4.69, 9.17) is 22.0 Å². The number of sulfonamides is 1. The number of nitrogens with two attached hydrogens (primary N) is 1. The van der Waals surface area contributed by atoms with Crippen LogP contribution in [0.2, 0.25) is 5.02 Å². The van der Waals surface area contributed by atoms with Crippen molar-refractivity contribution in [2.45, 2.75) is 11.7 Å². The number of halogens is 1. The third-order valence-corrected chi connectivity index (χ3v) is 4.51. The highest BCUT2D eigenvalue weighted by atomic mass is 35.5. The molecule has 2 N–H and O–H groups in total. The summed E-state index contributed by atoms with van der Waals surface area (Å²) in [6.45, 7) is -0.0628. The summed E-state index contributed by atoms with van der Waals surface area (Å²) in [6, 6.07) is 6.58. The fourth-order valence-corrected chi connectivity index (χ4v) is 2.92. The predicted octanol–water partition coefficient (Wildman–Crippen LogP) is 0.605. The summed E-state index contributed by atoms with van der Waals surface area (Å²) in [6.07, 6.45) is -0.184. The average molecular weight is 300 g/mol. The molecule has 1 amide bonds. The number of hydrogen-bond acceptors (Lipinski definition) is 4. The monoisotopic (exact) mass is 299 g/mol. The molecule has 8 heteroatoms. The first-order valence-electron chi connectivity index (χ1n) is 5.35. The molecule has 1 saturated heterocycles. The summed E-state index contributed by atoms with van der Waals surface area (Å²) in [5.41, 5.74) is 0.457. The maximum absolute atomic E-state index is 11.9. The van der Waals surface area contributed by atoms with E-state index in [1.165, 1.54) is 11.0 Å².